The van der Waals surface area contributed by atoms with Crippen molar-refractivity contribution in [1.29, 1.82) is 0 Å². The minimum Gasteiger partial charge on any atom is -0.492 e. The molecule has 0 saturated heterocycles. The van der Waals surface area contributed by atoms with Gasteiger partial charge in [-0.1, -0.05) is 18.2 Å². The van der Waals surface area contributed by atoms with Gasteiger partial charge in [0.2, 0.25) is 0 Å². The molecule has 5 heteroatoms. The maximum absolute atomic E-state index is 12.7. The zero-order valence-electron chi connectivity index (χ0n) is 13.3. The van der Waals surface area contributed by atoms with Gasteiger partial charge in [0.25, 0.3) is 10.0 Å². The van der Waals surface area contributed by atoms with Gasteiger partial charge in [-0.25, -0.2) is 8.42 Å². The first-order valence-corrected chi connectivity index (χ1v) is 8.66. The van der Waals surface area contributed by atoms with Gasteiger partial charge in [-0.2, -0.15) is 0 Å². The lowest BCUT2D eigenvalue weighted by atomic mass is 10.1. The van der Waals surface area contributed by atoms with Crippen LogP contribution >= 0.6 is 0 Å². The zero-order valence-corrected chi connectivity index (χ0v) is 14.1. The van der Waals surface area contributed by atoms with Crippen LogP contribution in [0.15, 0.2) is 41.3 Å². The molecule has 0 atom stereocenters. The molecule has 0 aromatic heterocycles. The number of nitrogens with one attached hydrogen (secondary N) is 1. The summed E-state index contributed by atoms with van der Waals surface area (Å²) < 4.78 is 33.4. The molecule has 2 rings (SSSR count). The molecule has 0 aliphatic rings. The summed E-state index contributed by atoms with van der Waals surface area (Å²) in [5, 5.41) is 0. The number of sulfonamides is 1. The molecule has 0 unspecified atom stereocenters. The molecular weight excluding hydrogens is 298 g/mol. The molecule has 118 valence electrons. The van der Waals surface area contributed by atoms with Crippen LogP contribution in [-0.2, 0) is 10.0 Å². The SMILES string of the molecule is CCOc1ccccc1NS(=O)(=O)c1cc(C)c(C)cc1C. The molecule has 22 heavy (non-hydrogen) atoms. The van der Waals surface area contributed by atoms with Crippen LogP contribution in [0.5, 0.6) is 5.75 Å². The fraction of sp³-hybridized carbons (Fsp3) is 0.294. The minimum absolute atomic E-state index is 0.293. The average molecular weight is 319 g/mol. The predicted octanol–water partition coefficient (Wildman–Crippen LogP) is 3.81. The Morgan fingerprint density at radius 1 is 1.00 bits per heavy atom. The summed E-state index contributed by atoms with van der Waals surface area (Å²) >= 11 is 0. The van der Waals surface area contributed by atoms with Crippen molar-refractivity contribution in [3.05, 3.63) is 53.1 Å². The summed E-state index contributed by atoms with van der Waals surface area (Å²) in [6.45, 7) is 8.01. The van der Waals surface area contributed by atoms with E-state index in [4.69, 9.17) is 4.74 Å². The molecule has 0 amide bonds. The van der Waals surface area contributed by atoms with E-state index in [0.717, 1.165) is 16.7 Å². The zero-order chi connectivity index (χ0) is 16.3. The van der Waals surface area contributed by atoms with Crippen LogP contribution in [-0.4, -0.2) is 15.0 Å². The normalized spacial score (nSPS) is 11.3. The number of anilines is 1. The highest BCUT2D eigenvalue weighted by Crippen LogP contribution is 2.28. The van der Waals surface area contributed by atoms with Crippen molar-refractivity contribution in [2.75, 3.05) is 11.3 Å². The van der Waals surface area contributed by atoms with Crippen LogP contribution < -0.4 is 9.46 Å². The minimum atomic E-state index is -3.65. The van der Waals surface area contributed by atoms with Gasteiger partial charge < -0.3 is 4.74 Å². The second kappa shape index (κ2) is 6.40. The van der Waals surface area contributed by atoms with Gasteiger partial charge in [0.05, 0.1) is 17.2 Å². The molecule has 0 aliphatic heterocycles. The molecule has 4 nitrogen and oxygen atoms in total. The monoisotopic (exact) mass is 319 g/mol. The number of rotatable bonds is 5. The van der Waals surface area contributed by atoms with Crippen LogP contribution in [0.4, 0.5) is 5.69 Å². The smallest absolute Gasteiger partial charge is 0.262 e. The van der Waals surface area contributed by atoms with E-state index in [2.05, 4.69) is 4.72 Å². The largest absolute Gasteiger partial charge is 0.492 e. The van der Waals surface area contributed by atoms with Gasteiger partial charge in [-0.3, -0.25) is 4.72 Å². The maximum atomic E-state index is 12.7. The van der Waals surface area contributed by atoms with E-state index in [0.29, 0.717) is 22.9 Å². The number of aryl methyl sites for hydroxylation is 3. The second-order valence-electron chi connectivity index (χ2n) is 5.24. The summed E-state index contributed by atoms with van der Waals surface area (Å²) in [6, 6.07) is 10.6. The van der Waals surface area contributed by atoms with Crippen molar-refractivity contribution < 1.29 is 13.2 Å². The Bertz CT molecular complexity index is 782. The number of benzene rings is 2. The van der Waals surface area contributed by atoms with E-state index in [1.54, 1.807) is 31.2 Å². The predicted molar refractivity (Wildman–Crippen MR) is 89.1 cm³/mol. The Morgan fingerprint density at radius 2 is 1.64 bits per heavy atom. The number of hydrogen-bond donors (Lipinski definition) is 1. The summed E-state index contributed by atoms with van der Waals surface area (Å²) in [7, 11) is -3.65. The van der Waals surface area contributed by atoms with Gasteiger partial charge in [0.1, 0.15) is 5.75 Å². The van der Waals surface area contributed by atoms with Crippen molar-refractivity contribution in [2.24, 2.45) is 0 Å². The molecule has 0 fully saturated rings. The molecule has 0 saturated carbocycles. The van der Waals surface area contributed by atoms with E-state index >= 15 is 0 Å². The van der Waals surface area contributed by atoms with Gasteiger partial charge in [-0.05, 0) is 62.6 Å². The van der Waals surface area contributed by atoms with Gasteiger partial charge in [0.15, 0.2) is 0 Å². The number of ether oxygens (including phenoxy) is 1. The molecule has 0 bridgehead atoms. The quantitative estimate of drug-likeness (QED) is 0.911. The first-order chi connectivity index (χ1) is 10.3. The summed E-state index contributed by atoms with van der Waals surface area (Å²) in [5.41, 5.74) is 3.20. The van der Waals surface area contributed by atoms with Crippen LogP contribution in [0.1, 0.15) is 23.6 Å². The molecule has 0 heterocycles. The van der Waals surface area contributed by atoms with Crippen molar-refractivity contribution in [1.82, 2.24) is 0 Å². The first kappa shape index (κ1) is 16.4. The van der Waals surface area contributed by atoms with Crippen molar-refractivity contribution in [2.45, 2.75) is 32.6 Å². The fourth-order valence-electron chi connectivity index (χ4n) is 2.26. The van der Waals surface area contributed by atoms with Crippen LogP contribution in [0.25, 0.3) is 0 Å². The Morgan fingerprint density at radius 3 is 2.32 bits per heavy atom. The lowest BCUT2D eigenvalue weighted by Crippen LogP contribution is -2.15. The average Bonchev–Trinajstić information content (AvgIpc) is 2.45. The van der Waals surface area contributed by atoms with Crippen LogP contribution in [0.3, 0.4) is 0 Å². The Labute approximate surface area is 132 Å². The third-order valence-electron chi connectivity index (χ3n) is 3.51. The number of para-hydroxylation sites is 2. The molecule has 2 aromatic rings. The van der Waals surface area contributed by atoms with Crippen molar-refractivity contribution >= 4 is 15.7 Å². The van der Waals surface area contributed by atoms with E-state index in [9.17, 15) is 8.42 Å². The second-order valence-corrected chi connectivity index (χ2v) is 6.89. The third kappa shape index (κ3) is 3.42. The molecular formula is C17H21NO3S. The lowest BCUT2D eigenvalue weighted by Gasteiger charge is -2.15. The Kier molecular flexibility index (Phi) is 4.76. The Hall–Kier alpha value is -2.01. The van der Waals surface area contributed by atoms with Gasteiger partial charge in [0, 0.05) is 0 Å². The number of hydrogen-bond acceptors (Lipinski definition) is 3. The van der Waals surface area contributed by atoms with E-state index < -0.39 is 10.0 Å². The van der Waals surface area contributed by atoms with Gasteiger partial charge in [-0.15, -0.1) is 0 Å². The maximum Gasteiger partial charge on any atom is 0.262 e. The Balaban J connectivity index is 2.43. The molecule has 1 N–H and O–H groups in total. The van der Waals surface area contributed by atoms with E-state index in [1.807, 2.05) is 32.9 Å². The van der Waals surface area contributed by atoms with E-state index in [-0.39, 0.29) is 0 Å². The fourth-order valence-corrected chi connectivity index (χ4v) is 3.64. The van der Waals surface area contributed by atoms with Gasteiger partial charge >= 0.3 is 0 Å². The lowest BCUT2D eigenvalue weighted by molar-refractivity contribution is 0.342. The summed E-state index contributed by atoms with van der Waals surface area (Å²) in [4.78, 5) is 0.293. The molecule has 0 aliphatic carbocycles. The standard InChI is InChI=1S/C17H21NO3S/c1-5-21-16-9-7-6-8-15(16)18-22(19,20)17-11-13(3)12(2)10-14(17)4/h6-11,18H,5H2,1-4H3. The highest BCUT2D eigenvalue weighted by molar-refractivity contribution is 7.92. The topological polar surface area (TPSA) is 55.4 Å². The van der Waals surface area contributed by atoms with Crippen LogP contribution in [0.2, 0.25) is 0 Å². The highest BCUT2D eigenvalue weighted by Gasteiger charge is 2.19. The summed E-state index contributed by atoms with van der Waals surface area (Å²) in [5.74, 6) is 0.523. The molecule has 0 radical (unpaired) electrons. The van der Waals surface area contributed by atoms with Crippen molar-refractivity contribution in [3.8, 4) is 5.75 Å². The third-order valence-corrected chi connectivity index (χ3v) is 5.02. The van der Waals surface area contributed by atoms with Crippen molar-refractivity contribution in [3.63, 3.8) is 0 Å². The molecule has 2 aromatic carbocycles. The van der Waals surface area contributed by atoms with E-state index in [1.165, 1.54) is 0 Å². The first-order valence-electron chi connectivity index (χ1n) is 7.17. The van der Waals surface area contributed by atoms with Crippen LogP contribution in [0, 0.1) is 20.8 Å². The molecule has 0 spiro atoms. The summed E-state index contributed by atoms with van der Waals surface area (Å²) in [6.07, 6.45) is 0. The highest BCUT2D eigenvalue weighted by atomic mass is 32.2.